The minimum absolute atomic E-state index is 0.655. The topological polar surface area (TPSA) is 67.8 Å². The first-order valence-electron chi connectivity index (χ1n) is 16.4. The van der Waals surface area contributed by atoms with E-state index in [0.29, 0.717) is 11.4 Å². The molecular formula is C43H27N3O2S2. The Balaban J connectivity index is 1.34. The van der Waals surface area contributed by atoms with Gasteiger partial charge in [0.05, 0.1) is 16.6 Å². The molecule has 0 aliphatic heterocycles. The third kappa shape index (κ3) is 4.85. The number of aromatic amines is 1. The van der Waals surface area contributed by atoms with E-state index in [2.05, 4.69) is 102 Å². The predicted molar refractivity (Wildman–Crippen MR) is 207 cm³/mol. The number of aromatic nitrogens is 3. The zero-order chi connectivity index (χ0) is 33.0. The molecule has 0 fully saturated rings. The number of H-pyrrole nitrogens is 1. The van der Waals surface area contributed by atoms with Crippen LogP contribution < -0.4 is 0 Å². The van der Waals surface area contributed by atoms with Gasteiger partial charge in [-0.2, -0.15) is 0 Å². The monoisotopic (exact) mass is 681 g/mol. The van der Waals surface area contributed by atoms with Gasteiger partial charge in [0, 0.05) is 42.3 Å². The van der Waals surface area contributed by atoms with Gasteiger partial charge in [-0.25, -0.2) is 9.97 Å². The van der Waals surface area contributed by atoms with Crippen molar-refractivity contribution in [2.75, 3.05) is 0 Å². The lowest BCUT2D eigenvalue weighted by atomic mass is 9.87. The van der Waals surface area contributed by atoms with Crippen LogP contribution >= 0.6 is 23.1 Å². The molecule has 0 aliphatic rings. The van der Waals surface area contributed by atoms with E-state index < -0.39 is 0 Å². The minimum atomic E-state index is 0.655. The van der Waals surface area contributed by atoms with Crippen LogP contribution in [0.15, 0.2) is 160 Å². The number of furan rings is 1. The second-order valence-electron chi connectivity index (χ2n) is 12.2. The number of imidazole rings is 1. The van der Waals surface area contributed by atoms with Crippen LogP contribution in [0.4, 0.5) is 0 Å². The van der Waals surface area contributed by atoms with Crippen molar-refractivity contribution < 1.29 is 8.83 Å². The van der Waals surface area contributed by atoms with Crippen LogP contribution in [-0.4, -0.2) is 15.0 Å². The van der Waals surface area contributed by atoms with Gasteiger partial charge in [0.15, 0.2) is 12.0 Å². The van der Waals surface area contributed by atoms with E-state index in [1.165, 1.54) is 15.6 Å². The Morgan fingerprint density at radius 1 is 0.680 bits per heavy atom. The second-order valence-corrected chi connectivity index (χ2v) is 14.3. The molecule has 0 amide bonds. The molecule has 4 heterocycles. The molecule has 1 N–H and O–H groups in total. The standard InChI is InChI=1S/C43H27N3O2S2/c1-2-12-26(13-3-1)24-49-35-21-11-6-16-29(35)37-39(36-23-28-15-5-10-20-34(28)50-36)38(33-22-27-14-4-9-19-32(27)48-33)40(42-41(37)44-25-47-42)43-45-30-17-7-8-18-31(30)46-43/h1-23,25H,24H2,(H,45,46). The van der Waals surface area contributed by atoms with Crippen LogP contribution in [0.5, 0.6) is 0 Å². The van der Waals surface area contributed by atoms with Crippen LogP contribution in [0.3, 0.4) is 0 Å². The molecule has 10 rings (SSSR count). The SMILES string of the molecule is c1ccc(CSc2ccccc2-c2c(-c3cc4ccccc4s3)c(-c3cc4ccccc4o3)c(-c3nc4ccccc4[nH]3)c3ocnc23)cc1. The van der Waals surface area contributed by atoms with E-state index in [4.69, 9.17) is 18.8 Å². The Morgan fingerprint density at radius 2 is 1.46 bits per heavy atom. The van der Waals surface area contributed by atoms with Crippen molar-refractivity contribution in [3.8, 4) is 44.3 Å². The summed E-state index contributed by atoms with van der Waals surface area (Å²) in [5, 5.41) is 2.21. The Hall–Kier alpha value is -5.89. The number of nitrogens with zero attached hydrogens (tertiary/aromatic N) is 2. The molecule has 0 saturated carbocycles. The van der Waals surface area contributed by atoms with Gasteiger partial charge in [-0.15, -0.1) is 23.1 Å². The van der Waals surface area contributed by atoms with Crippen molar-refractivity contribution in [3.63, 3.8) is 0 Å². The van der Waals surface area contributed by atoms with Gasteiger partial charge in [-0.3, -0.25) is 0 Å². The zero-order valence-corrected chi connectivity index (χ0v) is 28.2. The first-order chi connectivity index (χ1) is 24.8. The molecule has 0 spiro atoms. The Labute approximate surface area is 295 Å². The van der Waals surface area contributed by atoms with Crippen LogP contribution in [0.25, 0.3) is 87.5 Å². The molecule has 7 heteroatoms. The van der Waals surface area contributed by atoms with Crippen LogP contribution in [0.1, 0.15) is 5.56 Å². The number of oxazole rings is 1. The molecular weight excluding hydrogens is 655 g/mol. The van der Waals surface area contributed by atoms with Gasteiger partial charge in [0.2, 0.25) is 0 Å². The number of hydrogen-bond acceptors (Lipinski definition) is 6. The van der Waals surface area contributed by atoms with E-state index in [-0.39, 0.29) is 0 Å². The molecule has 0 unspecified atom stereocenters. The number of nitrogens with one attached hydrogen (secondary N) is 1. The average molecular weight is 682 g/mol. The van der Waals surface area contributed by atoms with Crippen LogP contribution in [0.2, 0.25) is 0 Å². The minimum Gasteiger partial charge on any atom is -0.456 e. The van der Waals surface area contributed by atoms with E-state index in [1.54, 1.807) is 17.7 Å². The number of hydrogen-bond donors (Lipinski definition) is 1. The van der Waals surface area contributed by atoms with E-state index in [9.17, 15) is 0 Å². The molecule has 238 valence electrons. The van der Waals surface area contributed by atoms with E-state index >= 15 is 0 Å². The fraction of sp³-hybridized carbons (Fsp3) is 0.0233. The van der Waals surface area contributed by atoms with Crippen molar-refractivity contribution in [1.29, 1.82) is 0 Å². The third-order valence-electron chi connectivity index (χ3n) is 9.14. The lowest BCUT2D eigenvalue weighted by Crippen LogP contribution is -1.97. The predicted octanol–water partition coefficient (Wildman–Crippen LogP) is 12.6. The Kier molecular flexibility index (Phi) is 6.92. The summed E-state index contributed by atoms with van der Waals surface area (Å²) in [6.07, 6.45) is 1.55. The number of thioether (sulfide) groups is 1. The van der Waals surface area contributed by atoms with E-state index in [1.807, 2.05) is 54.2 Å². The lowest BCUT2D eigenvalue weighted by molar-refractivity contribution is 0.602. The van der Waals surface area contributed by atoms with Gasteiger partial charge in [-0.05, 0) is 59.0 Å². The average Bonchev–Trinajstić information content (AvgIpc) is 3.98. The molecule has 0 atom stereocenters. The van der Waals surface area contributed by atoms with Gasteiger partial charge in [0.1, 0.15) is 22.7 Å². The molecule has 10 aromatic rings. The van der Waals surface area contributed by atoms with E-state index in [0.717, 1.165) is 76.6 Å². The quantitative estimate of drug-likeness (QED) is 0.170. The summed E-state index contributed by atoms with van der Waals surface area (Å²) in [6, 6.07) is 48.5. The number of benzene rings is 6. The van der Waals surface area contributed by atoms with Crippen molar-refractivity contribution in [2.24, 2.45) is 0 Å². The molecule has 0 radical (unpaired) electrons. The summed E-state index contributed by atoms with van der Waals surface area (Å²) in [7, 11) is 0. The molecule has 50 heavy (non-hydrogen) atoms. The Morgan fingerprint density at radius 3 is 2.34 bits per heavy atom. The summed E-state index contributed by atoms with van der Waals surface area (Å²) in [5.74, 6) is 2.28. The van der Waals surface area contributed by atoms with Crippen LogP contribution in [0, 0.1) is 0 Å². The molecule has 0 saturated heterocycles. The number of fused-ring (bicyclic) bond motifs is 4. The Bertz CT molecular complexity index is 2740. The van der Waals surface area contributed by atoms with Gasteiger partial charge in [0.25, 0.3) is 0 Å². The number of rotatable bonds is 7. The smallest absolute Gasteiger partial charge is 0.182 e. The highest BCUT2D eigenvalue weighted by molar-refractivity contribution is 7.98. The summed E-state index contributed by atoms with van der Waals surface area (Å²) in [6.45, 7) is 0. The van der Waals surface area contributed by atoms with Gasteiger partial charge >= 0.3 is 0 Å². The molecule has 6 aromatic carbocycles. The maximum atomic E-state index is 6.77. The summed E-state index contributed by atoms with van der Waals surface area (Å²) < 4.78 is 14.4. The molecule has 5 nitrogen and oxygen atoms in total. The highest BCUT2D eigenvalue weighted by atomic mass is 32.2. The first-order valence-corrected chi connectivity index (χ1v) is 18.2. The molecule has 0 aliphatic carbocycles. The van der Waals surface area contributed by atoms with Gasteiger partial charge < -0.3 is 13.8 Å². The highest BCUT2D eigenvalue weighted by Crippen LogP contribution is 2.54. The van der Waals surface area contributed by atoms with Crippen molar-refractivity contribution >= 4 is 66.3 Å². The van der Waals surface area contributed by atoms with Gasteiger partial charge in [-0.1, -0.05) is 97.1 Å². The number of thiophene rings is 1. The molecule has 0 bridgehead atoms. The second kappa shape index (κ2) is 11.9. The normalized spacial score (nSPS) is 11.8. The fourth-order valence-electron chi connectivity index (χ4n) is 6.88. The van der Waals surface area contributed by atoms with Crippen molar-refractivity contribution in [1.82, 2.24) is 15.0 Å². The molecule has 4 aromatic heterocycles. The maximum Gasteiger partial charge on any atom is 0.182 e. The first kappa shape index (κ1) is 29.1. The largest absolute Gasteiger partial charge is 0.456 e. The van der Waals surface area contributed by atoms with Crippen LogP contribution in [-0.2, 0) is 5.75 Å². The number of para-hydroxylation sites is 3. The fourth-order valence-corrected chi connectivity index (χ4v) is 9.02. The summed E-state index contributed by atoms with van der Waals surface area (Å²) in [5.41, 5.74) is 10.2. The maximum absolute atomic E-state index is 6.77. The summed E-state index contributed by atoms with van der Waals surface area (Å²) >= 11 is 3.60. The van der Waals surface area contributed by atoms with Crippen molar-refractivity contribution in [3.05, 3.63) is 151 Å². The lowest BCUT2D eigenvalue weighted by Gasteiger charge is -2.19. The van der Waals surface area contributed by atoms with Crippen molar-refractivity contribution in [2.45, 2.75) is 10.6 Å². The third-order valence-corrected chi connectivity index (χ3v) is 11.4. The highest BCUT2D eigenvalue weighted by Gasteiger charge is 2.31. The summed E-state index contributed by atoms with van der Waals surface area (Å²) in [4.78, 5) is 16.0. The zero-order valence-electron chi connectivity index (χ0n) is 26.6.